The number of nitrogens with zero attached hydrogens (tertiary/aromatic N) is 3. The zero-order valence-corrected chi connectivity index (χ0v) is 19.5. The fourth-order valence-corrected chi connectivity index (χ4v) is 4.92. The molecule has 3 aliphatic rings. The average molecular weight is 517 g/mol. The highest BCUT2D eigenvalue weighted by molar-refractivity contribution is 14.1. The number of fused-ring (bicyclic) bond motifs is 2. The van der Waals surface area contributed by atoms with Gasteiger partial charge in [-0.05, 0) is 30.9 Å². The van der Waals surface area contributed by atoms with Crippen molar-refractivity contribution in [3.63, 3.8) is 0 Å². The van der Waals surface area contributed by atoms with E-state index in [1.165, 1.54) is 5.56 Å². The second-order valence-corrected chi connectivity index (χ2v) is 9.65. The van der Waals surface area contributed by atoms with Crippen LogP contribution in [0.5, 0.6) is 0 Å². The molecule has 1 unspecified atom stereocenters. The second kappa shape index (κ2) is 9.37. The lowest BCUT2D eigenvalue weighted by atomic mass is 10.0. The normalized spacial score (nSPS) is 20.3. The molecule has 2 aliphatic heterocycles. The van der Waals surface area contributed by atoms with E-state index >= 15 is 0 Å². The average Bonchev–Trinajstić information content (AvgIpc) is 3.25. The molecule has 0 saturated carbocycles. The van der Waals surface area contributed by atoms with Gasteiger partial charge < -0.3 is 14.7 Å². The Bertz CT molecular complexity index is 906. The molecule has 0 N–H and O–H groups in total. The summed E-state index contributed by atoms with van der Waals surface area (Å²) < 4.78 is 0.399. The Hall–Kier alpha value is -2.09. The summed E-state index contributed by atoms with van der Waals surface area (Å²) in [4.78, 5) is 31.6. The van der Waals surface area contributed by atoms with Crippen molar-refractivity contribution in [3.8, 4) is 0 Å². The molecule has 0 fully saturated rings. The highest BCUT2D eigenvalue weighted by Gasteiger charge is 2.38. The van der Waals surface area contributed by atoms with E-state index in [-0.39, 0.29) is 11.8 Å². The first-order valence-electron chi connectivity index (χ1n) is 10.7. The summed E-state index contributed by atoms with van der Waals surface area (Å²) in [7, 11) is 1.87. The van der Waals surface area contributed by atoms with Crippen molar-refractivity contribution in [3.05, 3.63) is 71.2 Å². The first-order chi connectivity index (χ1) is 14.5. The predicted octanol–water partition coefficient (Wildman–Crippen LogP) is 3.87. The summed E-state index contributed by atoms with van der Waals surface area (Å²) in [5.74, 6) is 0.233. The van der Waals surface area contributed by atoms with E-state index in [9.17, 15) is 9.59 Å². The molecule has 0 spiro atoms. The molecule has 1 aromatic rings. The fraction of sp³-hybridized carbons (Fsp3) is 0.417. The molecule has 2 heterocycles. The minimum atomic E-state index is 0.0926. The number of allylic oxidation sites excluding steroid dienone is 3. The number of carbonyl (C=O) groups excluding carboxylic acids is 2. The van der Waals surface area contributed by atoms with Gasteiger partial charge in [0.25, 0.3) is 5.91 Å². The summed E-state index contributed by atoms with van der Waals surface area (Å²) in [5, 5.41) is 0. The van der Waals surface area contributed by atoms with Crippen molar-refractivity contribution in [2.75, 3.05) is 26.7 Å². The Balaban J connectivity index is 1.34. The van der Waals surface area contributed by atoms with Crippen molar-refractivity contribution in [1.29, 1.82) is 0 Å². The minimum Gasteiger partial charge on any atom is -0.345 e. The lowest BCUT2D eigenvalue weighted by Crippen LogP contribution is -2.44. The lowest BCUT2D eigenvalue weighted by Gasteiger charge is -2.40. The quantitative estimate of drug-likeness (QED) is 0.408. The molecule has 0 radical (unpaired) electrons. The molecule has 6 heteroatoms. The second-order valence-electron chi connectivity index (χ2n) is 8.05. The van der Waals surface area contributed by atoms with Crippen LogP contribution in [0.25, 0.3) is 0 Å². The maximum atomic E-state index is 13.1. The molecule has 158 valence electrons. The van der Waals surface area contributed by atoms with E-state index in [4.69, 9.17) is 0 Å². The number of rotatable bonds is 7. The number of benzene rings is 1. The van der Waals surface area contributed by atoms with Gasteiger partial charge in [-0.25, -0.2) is 0 Å². The maximum absolute atomic E-state index is 13.1. The number of halogens is 1. The van der Waals surface area contributed by atoms with Crippen LogP contribution in [-0.4, -0.2) is 57.1 Å². The van der Waals surface area contributed by atoms with Crippen LogP contribution in [-0.2, 0) is 16.0 Å². The molecule has 1 aliphatic carbocycles. The van der Waals surface area contributed by atoms with Gasteiger partial charge in [0.15, 0.2) is 0 Å². The number of hydrogen-bond acceptors (Lipinski definition) is 3. The van der Waals surface area contributed by atoms with Gasteiger partial charge in [-0.3, -0.25) is 9.59 Å². The minimum absolute atomic E-state index is 0.0926. The Morgan fingerprint density at radius 3 is 2.87 bits per heavy atom. The van der Waals surface area contributed by atoms with Crippen molar-refractivity contribution in [1.82, 2.24) is 14.7 Å². The van der Waals surface area contributed by atoms with Crippen LogP contribution in [0.3, 0.4) is 0 Å². The Morgan fingerprint density at radius 1 is 1.27 bits per heavy atom. The maximum Gasteiger partial charge on any atom is 0.274 e. The number of alkyl halides is 1. The van der Waals surface area contributed by atoms with Crippen LogP contribution < -0.4 is 0 Å². The summed E-state index contributed by atoms with van der Waals surface area (Å²) in [5.41, 5.74) is 4.32. The number of carbonyl (C=O) groups is 2. The van der Waals surface area contributed by atoms with Gasteiger partial charge in [-0.1, -0.05) is 65.1 Å². The van der Waals surface area contributed by atoms with Crippen LogP contribution in [0.15, 0.2) is 65.7 Å². The fourth-order valence-electron chi connectivity index (χ4n) is 4.30. The van der Waals surface area contributed by atoms with E-state index in [0.29, 0.717) is 29.9 Å². The molecular weight excluding hydrogens is 489 g/mol. The first kappa shape index (κ1) is 21.2. The molecule has 0 saturated heterocycles. The van der Waals surface area contributed by atoms with Gasteiger partial charge in [0.05, 0.1) is 5.70 Å². The van der Waals surface area contributed by atoms with Gasteiger partial charge in [0, 0.05) is 49.1 Å². The molecule has 4 rings (SSSR count). The highest BCUT2D eigenvalue weighted by Crippen LogP contribution is 2.38. The van der Waals surface area contributed by atoms with Crippen molar-refractivity contribution in [2.45, 2.75) is 36.0 Å². The summed E-state index contributed by atoms with van der Waals surface area (Å²) in [6.07, 6.45) is 10.2. The van der Waals surface area contributed by atoms with Crippen molar-refractivity contribution >= 4 is 34.4 Å². The SMILES string of the molecule is CN(CCc1ccccc1)C(=O)CCCN1C(=O)C2=CCCN2C2=C1CC(I)C=C2. The van der Waals surface area contributed by atoms with Gasteiger partial charge in [-0.15, -0.1) is 0 Å². The molecule has 1 atom stereocenters. The van der Waals surface area contributed by atoms with E-state index in [1.54, 1.807) is 4.90 Å². The van der Waals surface area contributed by atoms with Crippen LogP contribution >= 0.6 is 22.6 Å². The van der Waals surface area contributed by atoms with Crippen LogP contribution in [0, 0.1) is 0 Å². The molecule has 0 bridgehead atoms. The van der Waals surface area contributed by atoms with Gasteiger partial charge >= 0.3 is 0 Å². The Morgan fingerprint density at radius 2 is 2.07 bits per heavy atom. The predicted molar refractivity (Wildman–Crippen MR) is 127 cm³/mol. The van der Waals surface area contributed by atoms with E-state index < -0.39 is 0 Å². The van der Waals surface area contributed by atoms with E-state index in [2.05, 4.69) is 51.8 Å². The Labute approximate surface area is 192 Å². The molecule has 1 aromatic carbocycles. The Kier molecular flexibility index (Phi) is 6.61. The summed E-state index contributed by atoms with van der Waals surface area (Å²) in [6, 6.07) is 10.2. The molecular formula is C24H28IN3O2. The highest BCUT2D eigenvalue weighted by atomic mass is 127. The van der Waals surface area contributed by atoms with Crippen LogP contribution in [0.1, 0.15) is 31.2 Å². The summed E-state index contributed by atoms with van der Waals surface area (Å²) >= 11 is 2.42. The van der Waals surface area contributed by atoms with E-state index in [1.807, 2.05) is 36.2 Å². The number of amides is 2. The molecule has 30 heavy (non-hydrogen) atoms. The standard InChI is InChI=1S/C24H28IN3O2/c1-26(16-13-18-7-3-2-4-8-18)23(29)10-6-15-28-22-17-19(25)11-12-20(22)27-14-5-9-21(27)24(28)30/h2-4,7-9,11-12,19H,5-6,10,13-17H2,1H3. The largest absolute Gasteiger partial charge is 0.345 e. The third kappa shape index (κ3) is 4.48. The zero-order chi connectivity index (χ0) is 21.1. The summed E-state index contributed by atoms with van der Waals surface area (Å²) in [6.45, 7) is 2.19. The monoisotopic (exact) mass is 517 g/mol. The first-order valence-corrected chi connectivity index (χ1v) is 11.9. The molecule has 0 aromatic heterocycles. The smallest absolute Gasteiger partial charge is 0.274 e. The van der Waals surface area contributed by atoms with Crippen LogP contribution in [0.2, 0.25) is 0 Å². The van der Waals surface area contributed by atoms with E-state index in [0.717, 1.165) is 42.9 Å². The van der Waals surface area contributed by atoms with Crippen molar-refractivity contribution in [2.24, 2.45) is 0 Å². The van der Waals surface area contributed by atoms with Crippen LogP contribution in [0.4, 0.5) is 0 Å². The third-order valence-electron chi connectivity index (χ3n) is 5.99. The third-order valence-corrected chi connectivity index (χ3v) is 6.84. The number of likely N-dealkylation sites (N-methyl/N-ethyl adjacent to an activating group) is 1. The molecule has 5 nitrogen and oxygen atoms in total. The van der Waals surface area contributed by atoms with Gasteiger partial charge in [0.1, 0.15) is 5.70 Å². The lowest BCUT2D eigenvalue weighted by molar-refractivity contribution is -0.131. The van der Waals surface area contributed by atoms with Gasteiger partial charge in [-0.2, -0.15) is 0 Å². The van der Waals surface area contributed by atoms with Crippen molar-refractivity contribution < 1.29 is 9.59 Å². The van der Waals surface area contributed by atoms with Gasteiger partial charge in [0.2, 0.25) is 5.91 Å². The topological polar surface area (TPSA) is 43.9 Å². The molecule has 2 amide bonds. The number of hydrogen-bond donors (Lipinski definition) is 0. The zero-order valence-electron chi connectivity index (χ0n) is 17.4.